The topological polar surface area (TPSA) is 48.1 Å². The zero-order valence-corrected chi connectivity index (χ0v) is 8.60. The van der Waals surface area contributed by atoms with Crippen LogP contribution in [0.4, 0.5) is 0 Å². The zero-order valence-electron chi connectivity index (χ0n) is 7.03. The fourth-order valence-electron chi connectivity index (χ4n) is 0.719. The van der Waals surface area contributed by atoms with Crippen LogP contribution in [-0.2, 0) is 0 Å². The maximum atomic E-state index is 5.70. The van der Waals surface area contributed by atoms with Gasteiger partial charge in [-0.3, -0.25) is 4.98 Å². The first-order chi connectivity index (χ1) is 6.09. The van der Waals surface area contributed by atoms with E-state index in [0.717, 1.165) is 0 Å². The van der Waals surface area contributed by atoms with Gasteiger partial charge in [0.1, 0.15) is 16.8 Å². The molecule has 5 heteroatoms. The van der Waals surface area contributed by atoms with Gasteiger partial charge in [0.05, 0.1) is 11.2 Å². The number of ether oxygens (including phenoxy) is 1. The van der Waals surface area contributed by atoms with Crippen LogP contribution in [0.1, 0.15) is 6.92 Å². The number of nitrogens with two attached hydrogens (primary N) is 1. The second-order valence-electron chi connectivity index (χ2n) is 2.50. The van der Waals surface area contributed by atoms with E-state index >= 15 is 0 Å². The minimum absolute atomic E-state index is 0.306. The normalized spacial score (nSPS) is 12.2. The molecule has 0 fully saturated rings. The van der Waals surface area contributed by atoms with Crippen LogP contribution in [0.2, 0.25) is 5.02 Å². The molecular formula is C8H9ClN2OS. The Hall–Kier alpha value is -0.870. The molecule has 1 aromatic rings. The molecule has 1 aromatic heterocycles. The highest BCUT2D eigenvalue weighted by molar-refractivity contribution is 7.80. The molecule has 0 saturated heterocycles. The van der Waals surface area contributed by atoms with Crippen molar-refractivity contribution in [3.63, 3.8) is 0 Å². The van der Waals surface area contributed by atoms with Crippen LogP contribution in [0.5, 0.6) is 5.75 Å². The molecule has 1 heterocycles. The Morgan fingerprint density at radius 2 is 2.38 bits per heavy atom. The van der Waals surface area contributed by atoms with Gasteiger partial charge in [0.25, 0.3) is 0 Å². The van der Waals surface area contributed by atoms with E-state index in [-0.39, 0.29) is 6.10 Å². The molecule has 13 heavy (non-hydrogen) atoms. The molecule has 0 bridgehead atoms. The van der Waals surface area contributed by atoms with Crippen LogP contribution in [0.15, 0.2) is 18.5 Å². The van der Waals surface area contributed by atoms with Gasteiger partial charge < -0.3 is 10.5 Å². The Morgan fingerprint density at radius 1 is 1.69 bits per heavy atom. The molecule has 0 aromatic carbocycles. The first-order valence-corrected chi connectivity index (χ1v) is 4.44. The number of thiocarbonyl (C=S) groups is 1. The Bertz CT molecular complexity index is 319. The minimum Gasteiger partial charge on any atom is -0.482 e. The van der Waals surface area contributed by atoms with Gasteiger partial charge in [-0.05, 0) is 6.92 Å². The molecule has 0 spiro atoms. The number of aromatic nitrogens is 1. The van der Waals surface area contributed by atoms with Gasteiger partial charge in [0.2, 0.25) is 0 Å². The molecule has 0 saturated carbocycles. The molecule has 1 atom stereocenters. The van der Waals surface area contributed by atoms with E-state index < -0.39 is 0 Å². The van der Waals surface area contributed by atoms with Gasteiger partial charge >= 0.3 is 0 Å². The van der Waals surface area contributed by atoms with Crippen LogP contribution in [0, 0.1) is 0 Å². The Kier molecular flexibility index (Phi) is 3.45. The number of nitrogens with zero attached hydrogens (tertiary/aromatic N) is 1. The standard InChI is InChI=1S/C8H9ClN2OS/c1-5(8(10)13)12-7-2-6(9)3-11-4-7/h2-5H,1H3,(H2,10,13). The second kappa shape index (κ2) is 4.39. The molecule has 70 valence electrons. The highest BCUT2D eigenvalue weighted by atomic mass is 35.5. The first-order valence-electron chi connectivity index (χ1n) is 3.66. The highest BCUT2D eigenvalue weighted by Gasteiger charge is 2.06. The summed E-state index contributed by atoms with van der Waals surface area (Å²) >= 11 is 10.5. The van der Waals surface area contributed by atoms with Crippen LogP contribution < -0.4 is 10.5 Å². The minimum atomic E-state index is -0.310. The third-order valence-electron chi connectivity index (χ3n) is 1.39. The second-order valence-corrected chi connectivity index (χ2v) is 3.41. The van der Waals surface area contributed by atoms with Crippen LogP contribution in [0.3, 0.4) is 0 Å². The summed E-state index contributed by atoms with van der Waals surface area (Å²) < 4.78 is 5.34. The van der Waals surface area contributed by atoms with Crippen LogP contribution in [-0.4, -0.2) is 16.1 Å². The summed E-state index contributed by atoms with van der Waals surface area (Å²) in [6.45, 7) is 1.77. The maximum absolute atomic E-state index is 5.70. The van der Waals surface area contributed by atoms with E-state index in [4.69, 9.17) is 34.3 Å². The largest absolute Gasteiger partial charge is 0.482 e. The number of halogens is 1. The summed E-state index contributed by atoms with van der Waals surface area (Å²) in [5.41, 5.74) is 5.37. The molecule has 1 rings (SSSR count). The first kappa shape index (κ1) is 10.2. The summed E-state index contributed by atoms with van der Waals surface area (Å²) in [4.78, 5) is 4.16. The lowest BCUT2D eigenvalue weighted by Gasteiger charge is -2.12. The third kappa shape index (κ3) is 3.16. The molecule has 0 radical (unpaired) electrons. The van der Waals surface area contributed by atoms with Gasteiger partial charge in [-0.15, -0.1) is 0 Å². The van der Waals surface area contributed by atoms with E-state index in [9.17, 15) is 0 Å². The van der Waals surface area contributed by atoms with Crippen molar-refractivity contribution in [2.45, 2.75) is 13.0 Å². The maximum Gasteiger partial charge on any atom is 0.145 e. The lowest BCUT2D eigenvalue weighted by Crippen LogP contribution is -2.28. The average Bonchev–Trinajstić information content (AvgIpc) is 2.04. The van der Waals surface area contributed by atoms with Gasteiger partial charge in [0.15, 0.2) is 0 Å². The molecule has 1 unspecified atom stereocenters. The quantitative estimate of drug-likeness (QED) is 0.783. The van der Waals surface area contributed by atoms with E-state index in [1.165, 1.54) is 6.20 Å². The lowest BCUT2D eigenvalue weighted by molar-refractivity contribution is 0.287. The van der Waals surface area contributed by atoms with Crippen molar-refractivity contribution in [2.75, 3.05) is 0 Å². The van der Waals surface area contributed by atoms with E-state index in [0.29, 0.717) is 15.8 Å². The lowest BCUT2D eigenvalue weighted by atomic mass is 10.4. The SMILES string of the molecule is CC(Oc1cncc(Cl)c1)C(N)=S. The van der Waals surface area contributed by atoms with E-state index in [1.807, 2.05) is 0 Å². The number of hydrogen-bond acceptors (Lipinski definition) is 3. The number of rotatable bonds is 3. The smallest absolute Gasteiger partial charge is 0.145 e. The van der Waals surface area contributed by atoms with Crippen LogP contribution in [0.25, 0.3) is 0 Å². The monoisotopic (exact) mass is 216 g/mol. The summed E-state index contributed by atoms with van der Waals surface area (Å²) in [5, 5.41) is 0.521. The fourth-order valence-corrected chi connectivity index (χ4v) is 0.931. The molecule has 0 aliphatic carbocycles. The number of hydrogen-bond donors (Lipinski definition) is 1. The Balaban J connectivity index is 2.69. The summed E-state index contributed by atoms with van der Waals surface area (Å²) in [5.74, 6) is 0.563. The van der Waals surface area contributed by atoms with Crippen molar-refractivity contribution in [1.82, 2.24) is 4.98 Å². The summed E-state index contributed by atoms with van der Waals surface area (Å²) in [6.07, 6.45) is 2.77. The fraction of sp³-hybridized carbons (Fsp3) is 0.250. The molecule has 2 N–H and O–H groups in total. The molecule has 3 nitrogen and oxygen atoms in total. The number of pyridine rings is 1. The van der Waals surface area contributed by atoms with Crippen molar-refractivity contribution in [3.05, 3.63) is 23.5 Å². The molecule has 0 amide bonds. The molecule has 0 aliphatic rings. The molecule has 0 aliphatic heterocycles. The van der Waals surface area contributed by atoms with Crippen molar-refractivity contribution in [3.8, 4) is 5.75 Å². The zero-order chi connectivity index (χ0) is 9.84. The van der Waals surface area contributed by atoms with Gasteiger partial charge in [-0.2, -0.15) is 0 Å². The van der Waals surface area contributed by atoms with Crippen molar-refractivity contribution in [2.24, 2.45) is 5.73 Å². The summed E-state index contributed by atoms with van der Waals surface area (Å²) in [6, 6.07) is 1.66. The van der Waals surface area contributed by atoms with Crippen molar-refractivity contribution in [1.29, 1.82) is 0 Å². The highest BCUT2D eigenvalue weighted by Crippen LogP contribution is 2.16. The Morgan fingerprint density at radius 3 is 2.92 bits per heavy atom. The Labute approximate surface area is 86.9 Å². The van der Waals surface area contributed by atoms with Gasteiger partial charge in [0, 0.05) is 12.3 Å². The third-order valence-corrected chi connectivity index (χ3v) is 1.93. The summed E-state index contributed by atoms with van der Waals surface area (Å²) in [7, 11) is 0. The van der Waals surface area contributed by atoms with Gasteiger partial charge in [-0.25, -0.2) is 0 Å². The average molecular weight is 217 g/mol. The molecular weight excluding hydrogens is 208 g/mol. The predicted octanol–water partition coefficient (Wildman–Crippen LogP) is 1.79. The van der Waals surface area contributed by atoms with Crippen molar-refractivity contribution < 1.29 is 4.74 Å². The van der Waals surface area contributed by atoms with E-state index in [2.05, 4.69) is 4.98 Å². The van der Waals surface area contributed by atoms with Crippen LogP contribution >= 0.6 is 23.8 Å². The van der Waals surface area contributed by atoms with Gasteiger partial charge in [-0.1, -0.05) is 23.8 Å². The van der Waals surface area contributed by atoms with E-state index in [1.54, 1.807) is 19.2 Å². The predicted molar refractivity (Wildman–Crippen MR) is 56.1 cm³/mol. The van der Waals surface area contributed by atoms with Crippen molar-refractivity contribution >= 4 is 28.8 Å².